The average molecular weight is 472 g/mol. The maximum Gasteiger partial charge on any atom is 0.266 e. The average Bonchev–Trinajstić information content (AvgIpc) is 3.46. The summed E-state index contributed by atoms with van der Waals surface area (Å²) in [6.45, 7) is 8.10. The number of piperazine rings is 1. The van der Waals surface area contributed by atoms with Crippen LogP contribution in [-0.2, 0) is 6.54 Å². The number of thiophene rings is 1. The molecule has 0 aliphatic carbocycles. The number of carbonyl (C=O) groups is 1. The van der Waals surface area contributed by atoms with Gasteiger partial charge in [0.25, 0.3) is 5.91 Å². The van der Waals surface area contributed by atoms with Gasteiger partial charge in [0.2, 0.25) is 0 Å². The van der Waals surface area contributed by atoms with Gasteiger partial charge >= 0.3 is 0 Å². The van der Waals surface area contributed by atoms with Gasteiger partial charge in [0, 0.05) is 43.3 Å². The number of nitrogens with zero attached hydrogens (tertiary/aromatic N) is 2. The summed E-state index contributed by atoms with van der Waals surface area (Å²) in [6.07, 6.45) is 4.02. The highest BCUT2D eigenvalue weighted by Gasteiger charge is 2.19. The quantitative estimate of drug-likeness (QED) is 0.364. The first-order valence-corrected chi connectivity index (χ1v) is 12.5. The lowest BCUT2D eigenvalue weighted by Crippen LogP contribution is -2.49. The maximum absolute atomic E-state index is 13.0. The maximum atomic E-state index is 13.0. The van der Waals surface area contributed by atoms with E-state index in [1.807, 2.05) is 48.7 Å². The van der Waals surface area contributed by atoms with E-state index in [1.165, 1.54) is 16.9 Å². The molecule has 1 fully saturated rings. The summed E-state index contributed by atoms with van der Waals surface area (Å²) < 4.78 is 0. The number of aryl methyl sites for hydroxylation is 1. The van der Waals surface area contributed by atoms with E-state index >= 15 is 0 Å². The third-order valence-electron chi connectivity index (χ3n) is 6.38. The molecule has 0 bridgehead atoms. The van der Waals surface area contributed by atoms with Crippen LogP contribution in [-0.4, -0.2) is 46.7 Å². The zero-order chi connectivity index (χ0) is 23.5. The van der Waals surface area contributed by atoms with Gasteiger partial charge in [-0.2, -0.15) is 5.10 Å². The lowest BCUT2D eigenvalue weighted by Gasteiger charge is -2.34. The Kier molecular flexibility index (Phi) is 6.58. The Labute approximate surface area is 203 Å². The topological polar surface area (TPSA) is 73.1 Å². The van der Waals surface area contributed by atoms with Crippen molar-refractivity contribution in [1.29, 1.82) is 0 Å². The molecule has 1 atom stereocenters. The van der Waals surface area contributed by atoms with Crippen molar-refractivity contribution in [1.82, 2.24) is 20.4 Å². The number of benzene rings is 2. The van der Waals surface area contributed by atoms with Crippen molar-refractivity contribution in [3.63, 3.8) is 0 Å². The Balaban J connectivity index is 1.45. The van der Waals surface area contributed by atoms with Crippen molar-refractivity contribution >= 4 is 46.0 Å². The van der Waals surface area contributed by atoms with E-state index in [0.29, 0.717) is 6.04 Å². The van der Waals surface area contributed by atoms with Crippen molar-refractivity contribution < 1.29 is 4.79 Å². The van der Waals surface area contributed by atoms with E-state index < -0.39 is 0 Å². The van der Waals surface area contributed by atoms with E-state index in [4.69, 9.17) is 0 Å². The summed E-state index contributed by atoms with van der Waals surface area (Å²) >= 11 is 1.47. The molecular formula is C27H29N5OS. The van der Waals surface area contributed by atoms with Crippen molar-refractivity contribution in [3.8, 4) is 0 Å². The van der Waals surface area contributed by atoms with E-state index in [9.17, 15) is 4.79 Å². The minimum Gasteiger partial charge on any atom is -0.321 e. The summed E-state index contributed by atoms with van der Waals surface area (Å²) in [7, 11) is 0. The largest absolute Gasteiger partial charge is 0.321 e. The number of rotatable bonds is 6. The summed E-state index contributed by atoms with van der Waals surface area (Å²) in [5.74, 6) is -0.0694. The van der Waals surface area contributed by atoms with Gasteiger partial charge in [-0.1, -0.05) is 36.4 Å². The molecule has 1 amide bonds. The smallest absolute Gasteiger partial charge is 0.266 e. The van der Waals surface area contributed by atoms with Crippen molar-refractivity contribution in [2.45, 2.75) is 26.4 Å². The molecule has 174 valence electrons. The second-order valence-electron chi connectivity index (χ2n) is 8.82. The number of para-hydroxylation sites is 1. The fourth-order valence-electron chi connectivity index (χ4n) is 4.37. The molecule has 0 radical (unpaired) electrons. The van der Waals surface area contributed by atoms with Crippen LogP contribution in [0.3, 0.4) is 0 Å². The molecule has 1 aliphatic rings. The summed E-state index contributed by atoms with van der Waals surface area (Å²) in [5.41, 5.74) is 5.83. The molecule has 1 saturated heterocycles. The van der Waals surface area contributed by atoms with E-state index in [0.717, 1.165) is 64.5 Å². The number of nitrogens with one attached hydrogen (secondary N) is 3. The number of H-pyrrole nitrogens is 1. The van der Waals surface area contributed by atoms with Crippen molar-refractivity contribution in [2.24, 2.45) is 0 Å². The number of hydrogen-bond donors (Lipinski definition) is 3. The minimum absolute atomic E-state index is 0.0694. The Hall–Kier alpha value is -3.26. The fraction of sp³-hybridized carbons (Fsp3) is 0.259. The van der Waals surface area contributed by atoms with Gasteiger partial charge in [0.1, 0.15) is 0 Å². The first-order valence-electron chi connectivity index (χ1n) is 11.6. The molecular weight excluding hydrogens is 442 g/mol. The van der Waals surface area contributed by atoms with Crippen LogP contribution in [0.5, 0.6) is 0 Å². The number of fused-ring (bicyclic) bond motifs is 1. The zero-order valence-electron chi connectivity index (χ0n) is 19.5. The van der Waals surface area contributed by atoms with Crippen LogP contribution in [0.15, 0.2) is 53.9 Å². The van der Waals surface area contributed by atoms with E-state index in [2.05, 4.69) is 56.9 Å². The molecule has 0 spiro atoms. The fourth-order valence-corrected chi connectivity index (χ4v) is 5.19. The van der Waals surface area contributed by atoms with Crippen LogP contribution < -0.4 is 10.6 Å². The lowest BCUT2D eigenvalue weighted by molar-refractivity contribution is 0.103. The molecule has 3 N–H and O–H groups in total. The Morgan fingerprint density at radius 3 is 2.94 bits per heavy atom. The highest BCUT2D eigenvalue weighted by atomic mass is 32.1. The molecule has 0 saturated carbocycles. The predicted molar refractivity (Wildman–Crippen MR) is 141 cm³/mol. The summed E-state index contributed by atoms with van der Waals surface area (Å²) in [5, 5.41) is 17.2. The summed E-state index contributed by atoms with van der Waals surface area (Å²) in [6, 6.07) is 16.9. The molecule has 2 aromatic carbocycles. The van der Waals surface area contributed by atoms with Crippen LogP contribution in [0.1, 0.15) is 39.0 Å². The monoisotopic (exact) mass is 471 g/mol. The first-order chi connectivity index (χ1) is 16.6. The van der Waals surface area contributed by atoms with Gasteiger partial charge in [-0.3, -0.25) is 14.8 Å². The summed E-state index contributed by atoms with van der Waals surface area (Å²) in [4.78, 5) is 16.3. The van der Waals surface area contributed by atoms with E-state index in [-0.39, 0.29) is 5.91 Å². The second kappa shape index (κ2) is 9.93. The van der Waals surface area contributed by atoms with Crippen LogP contribution in [0.25, 0.3) is 23.1 Å². The van der Waals surface area contributed by atoms with Gasteiger partial charge in [-0.05, 0) is 60.2 Å². The lowest BCUT2D eigenvalue weighted by atomic mass is 10.1. The molecule has 3 heterocycles. The molecule has 6 nitrogen and oxygen atoms in total. The number of carbonyl (C=O) groups excluding carboxylic acids is 1. The Morgan fingerprint density at radius 1 is 1.24 bits per heavy atom. The molecule has 34 heavy (non-hydrogen) atoms. The predicted octanol–water partition coefficient (Wildman–Crippen LogP) is 5.15. The van der Waals surface area contributed by atoms with Gasteiger partial charge in [0.15, 0.2) is 0 Å². The highest BCUT2D eigenvalue weighted by molar-refractivity contribution is 7.12. The number of hydrogen-bond acceptors (Lipinski definition) is 5. The van der Waals surface area contributed by atoms with Gasteiger partial charge in [-0.25, -0.2) is 0 Å². The third kappa shape index (κ3) is 4.82. The van der Waals surface area contributed by atoms with Gasteiger partial charge in [0.05, 0.1) is 16.1 Å². The Bertz CT molecular complexity index is 1340. The highest BCUT2D eigenvalue weighted by Crippen LogP contribution is 2.26. The third-order valence-corrected chi connectivity index (χ3v) is 7.39. The van der Waals surface area contributed by atoms with Crippen LogP contribution >= 0.6 is 11.3 Å². The Morgan fingerprint density at radius 2 is 2.12 bits per heavy atom. The van der Waals surface area contributed by atoms with Crippen LogP contribution in [0, 0.1) is 6.92 Å². The van der Waals surface area contributed by atoms with Gasteiger partial charge in [-0.15, -0.1) is 11.3 Å². The van der Waals surface area contributed by atoms with Gasteiger partial charge < -0.3 is 10.6 Å². The molecule has 2 aromatic heterocycles. The van der Waals surface area contributed by atoms with Crippen LogP contribution in [0.4, 0.5) is 5.69 Å². The minimum atomic E-state index is -0.0694. The SMILES string of the molecule is Cc1ccsc1C(=O)Nc1cc(CN2CCNC[C@@H]2C)ccc1/C=C/c1n[nH]c2ccccc12. The second-order valence-corrected chi connectivity index (χ2v) is 9.74. The van der Waals surface area contributed by atoms with Crippen molar-refractivity contribution in [2.75, 3.05) is 25.0 Å². The number of aromatic nitrogens is 2. The number of aromatic amines is 1. The number of anilines is 1. The van der Waals surface area contributed by atoms with E-state index in [1.54, 1.807) is 0 Å². The molecule has 1 aliphatic heterocycles. The number of amides is 1. The standard InChI is InChI=1S/C27H29N5OS/c1-18-11-14-34-26(18)27(33)29-25-15-20(17-32-13-12-28-16-19(32)2)7-8-21(25)9-10-24-22-5-3-4-6-23(22)30-31-24/h3-11,14-15,19,28H,12-13,16-17H2,1-2H3,(H,29,33)(H,30,31)/b10-9+/t19-/m0/s1. The zero-order valence-corrected chi connectivity index (χ0v) is 20.3. The molecule has 7 heteroatoms. The first kappa shape index (κ1) is 22.5. The van der Waals surface area contributed by atoms with Crippen LogP contribution in [0.2, 0.25) is 0 Å². The molecule has 0 unspecified atom stereocenters. The molecule has 4 aromatic rings. The normalized spacial score (nSPS) is 16.9. The van der Waals surface area contributed by atoms with Crippen molar-refractivity contribution in [3.05, 3.63) is 81.2 Å². The molecule has 5 rings (SSSR count).